The summed E-state index contributed by atoms with van der Waals surface area (Å²) in [6, 6.07) is 0.614. The SMILES string of the molecule is CC(C1CC1)N(C)C(=O)N1CCNCC1. The van der Waals surface area contributed by atoms with Crippen LogP contribution in [-0.2, 0) is 0 Å². The Hall–Kier alpha value is -0.770. The second kappa shape index (κ2) is 4.39. The predicted octanol–water partition coefficient (Wildman–Crippen LogP) is 0.742. The van der Waals surface area contributed by atoms with Gasteiger partial charge < -0.3 is 15.1 Å². The van der Waals surface area contributed by atoms with Gasteiger partial charge in [-0.2, -0.15) is 0 Å². The molecule has 4 nitrogen and oxygen atoms in total. The van der Waals surface area contributed by atoms with Gasteiger partial charge in [-0.3, -0.25) is 0 Å². The van der Waals surface area contributed by atoms with E-state index in [0.717, 1.165) is 32.1 Å². The van der Waals surface area contributed by atoms with Crippen LogP contribution in [0.4, 0.5) is 4.79 Å². The van der Waals surface area contributed by atoms with Gasteiger partial charge in [0.1, 0.15) is 0 Å². The number of nitrogens with one attached hydrogen (secondary N) is 1. The first-order valence-electron chi connectivity index (χ1n) is 5.92. The first-order valence-corrected chi connectivity index (χ1v) is 5.92. The minimum absolute atomic E-state index is 0.205. The van der Waals surface area contributed by atoms with Crippen molar-refractivity contribution in [2.24, 2.45) is 5.92 Å². The Morgan fingerprint density at radius 1 is 1.40 bits per heavy atom. The van der Waals surface area contributed by atoms with Crippen LogP contribution in [0, 0.1) is 5.92 Å². The third kappa shape index (κ3) is 2.43. The summed E-state index contributed by atoms with van der Waals surface area (Å²) < 4.78 is 0. The minimum atomic E-state index is 0.205. The summed E-state index contributed by atoms with van der Waals surface area (Å²) >= 11 is 0. The Labute approximate surface area is 91.6 Å². The molecule has 1 aliphatic heterocycles. The normalized spacial score (nSPS) is 23.7. The van der Waals surface area contributed by atoms with Crippen LogP contribution in [0.3, 0.4) is 0 Å². The number of urea groups is 1. The topological polar surface area (TPSA) is 35.6 Å². The third-order valence-corrected chi connectivity index (χ3v) is 3.60. The van der Waals surface area contributed by atoms with Gasteiger partial charge in [-0.05, 0) is 25.7 Å². The number of nitrogens with zero attached hydrogens (tertiary/aromatic N) is 2. The molecule has 2 aliphatic rings. The largest absolute Gasteiger partial charge is 0.325 e. The number of carbonyl (C=O) groups excluding carboxylic acids is 1. The van der Waals surface area contributed by atoms with E-state index in [2.05, 4.69) is 12.2 Å². The van der Waals surface area contributed by atoms with Crippen molar-refractivity contribution in [1.29, 1.82) is 0 Å². The second-order valence-corrected chi connectivity index (χ2v) is 4.71. The molecule has 1 heterocycles. The molecule has 15 heavy (non-hydrogen) atoms. The van der Waals surface area contributed by atoms with E-state index in [-0.39, 0.29) is 6.03 Å². The maximum absolute atomic E-state index is 12.1. The van der Waals surface area contributed by atoms with Crippen LogP contribution in [-0.4, -0.2) is 55.1 Å². The summed E-state index contributed by atoms with van der Waals surface area (Å²) in [6.07, 6.45) is 2.58. The van der Waals surface area contributed by atoms with Gasteiger partial charge in [0.25, 0.3) is 0 Å². The van der Waals surface area contributed by atoms with Gasteiger partial charge in [-0.25, -0.2) is 4.79 Å². The van der Waals surface area contributed by atoms with E-state index in [1.165, 1.54) is 12.8 Å². The summed E-state index contributed by atoms with van der Waals surface area (Å²) in [5, 5.41) is 3.26. The van der Waals surface area contributed by atoms with Gasteiger partial charge in [0.05, 0.1) is 0 Å². The first-order chi connectivity index (χ1) is 7.20. The summed E-state index contributed by atoms with van der Waals surface area (Å²) in [7, 11) is 1.94. The zero-order chi connectivity index (χ0) is 10.8. The van der Waals surface area contributed by atoms with Gasteiger partial charge in [0.15, 0.2) is 0 Å². The highest BCUT2D eigenvalue weighted by molar-refractivity contribution is 5.74. The van der Waals surface area contributed by atoms with Gasteiger partial charge in [-0.15, -0.1) is 0 Å². The molecule has 0 aromatic carbocycles. The molecule has 2 amide bonds. The second-order valence-electron chi connectivity index (χ2n) is 4.71. The van der Waals surface area contributed by atoms with E-state index in [1.807, 2.05) is 16.8 Å². The van der Waals surface area contributed by atoms with E-state index < -0.39 is 0 Å². The number of rotatable bonds is 2. The Morgan fingerprint density at radius 2 is 2.00 bits per heavy atom. The van der Waals surface area contributed by atoms with Crippen LogP contribution in [0.2, 0.25) is 0 Å². The molecule has 0 bridgehead atoms. The zero-order valence-electron chi connectivity index (χ0n) is 9.70. The Morgan fingerprint density at radius 3 is 2.53 bits per heavy atom. The van der Waals surface area contributed by atoms with Crippen molar-refractivity contribution < 1.29 is 4.79 Å². The molecule has 2 fully saturated rings. The lowest BCUT2D eigenvalue weighted by Crippen LogP contribution is -2.52. The molecule has 86 valence electrons. The molecule has 1 atom stereocenters. The van der Waals surface area contributed by atoms with Crippen molar-refractivity contribution in [1.82, 2.24) is 15.1 Å². The number of hydrogen-bond donors (Lipinski definition) is 1. The third-order valence-electron chi connectivity index (χ3n) is 3.60. The molecular weight excluding hydrogens is 190 g/mol. The van der Waals surface area contributed by atoms with Crippen LogP contribution in [0.25, 0.3) is 0 Å². The standard InChI is InChI=1S/C11H21N3O/c1-9(10-3-4-10)13(2)11(15)14-7-5-12-6-8-14/h9-10,12H,3-8H2,1-2H3. The average molecular weight is 211 g/mol. The maximum Gasteiger partial charge on any atom is 0.320 e. The summed E-state index contributed by atoms with van der Waals surface area (Å²) in [5.74, 6) is 0.752. The quantitative estimate of drug-likeness (QED) is 0.731. The molecule has 1 aliphatic carbocycles. The fourth-order valence-electron chi connectivity index (χ4n) is 2.15. The fraction of sp³-hybridized carbons (Fsp3) is 0.909. The molecule has 1 saturated heterocycles. The van der Waals surface area contributed by atoms with Crippen LogP contribution in [0.5, 0.6) is 0 Å². The molecule has 1 saturated carbocycles. The minimum Gasteiger partial charge on any atom is -0.325 e. The first kappa shape index (κ1) is 10.7. The molecule has 0 aromatic rings. The number of amides is 2. The van der Waals surface area contributed by atoms with Crippen LogP contribution in [0.1, 0.15) is 19.8 Å². The highest BCUT2D eigenvalue weighted by atomic mass is 16.2. The maximum atomic E-state index is 12.1. The number of hydrogen-bond acceptors (Lipinski definition) is 2. The molecule has 2 rings (SSSR count). The summed E-state index contributed by atoms with van der Waals surface area (Å²) in [6.45, 7) is 5.72. The highest BCUT2D eigenvalue weighted by Crippen LogP contribution is 2.34. The fourth-order valence-corrected chi connectivity index (χ4v) is 2.15. The number of piperazine rings is 1. The number of carbonyl (C=O) groups is 1. The lowest BCUT2D eigenvalue weighted by molar-refractivity contribution is 0.139. The molecule has 4 heteroatoms. The van der Waals surface area contributed by atoms with E-state index in [9.17, 15) is 4.79 Å². The Kier molecular flexibility index (Phi) is 3.14. The molecule has 1 unspecified atom stereocenters. The van der Waals surface area contributed by atoms with Crippen molar-refractivity contribution in [3.63, 3.8) is 0 Å². The van der Waals surface area contributed by atoms with E-state index >= 15 is 0 Å². The van der Waals surface area contributed by atoms with Gasteiger partial charge in [0.2, 0.25) is 0 Å². The predicted molar refractivity (Wildman–Crippen MR) is 59.8 cm³/mol. The lowest BCUT2D eigenvalue weighted by Gasteiger charge is -2.34. The van der Waals surface area contributed by atoms with Crippen molar-refractivity contribution in [3.05, 3.63) is 0 Å². The zero-order valence-corrected chi connectivity index (χ0v) is 9.70. The van der Waals surface area contributed by atoms with Crippen molar-refractivity contribution in [2.75, 3.05) is 33.2 Å². The molecule has 0 aromatic heterocycles. The van der Waals surface area contributed by atoms with E-state index in [1.54, 1.807) is 0 Å². The van der Waals surface area contributed by atoms with Crippen LogP contribution >= 0.6 is 0 Å². The molecule has 0 spiro atoms. The van der Waals surface area contributed by atoms with Gasteiger partial charge in [-0.1, -0.05) is 0 Å². The van der Waals surface area contributed by atoms with Gasteiger partial charge in [0, 0.05) is 39.3 Å². The van der Waals surface area contributed by atoms with E-state index in [0.29, 0.717) is 6.04 Å². The molecule has 0 radical (unpaired) electrons. The molecule has 1 N–H and O–H groups in total. The average Bonchev–Trinajstić information content (AvgIpc) is 3.11. The molecular formula is C11H21N3O. The van der Waals surface area contributed by atoms with Crippen LogP contribution in [0.15, 0.2) is 0 Å². The summed E-state index contributed by atoms with van der Waals surface area (Å²) in [5.41, 5.74) is 0. The smallest absolute Gasteiger partial charge is 0.320 e. The van der Waals surface area contributed by atoms with Crippen molar-refractivity contribution >= 4 is 6.03 Å². The highest BCUT2D eigenvalue weighted by Gasteiger charge is 2.33. The van der Waals surface area contributed by atoms with Crippen molar-refractivity contribution in [2.45, 2.75) is 25.8 Å². The Bertz CT molecular complexity index is 234. The van der Waals surface area contributed by atoms with Crippen LogP contribution < -0.4 is 5.32 Å². The van der Waals surface area contributed by atoms with Crippen molar-refractivity contribution in [3.8, 4) is 0 Å². The van der Waals surface area contributed by atoms with E-state index in [4.69, 9.17) is 0 Å². The lowest BCUT2D eigenvalue weighted by atomic mass is 10.2. The van der Waals surface area contributed by atoms with Gasteiger partial charge >= 0.3 is 6.03 Å². The Balaban J connectivity index is 1.87. The monoisotopic (exact) mass is 211 g/mol. The summed E-state index contributed by atoms with van der Waals surface area (Å²) in [4.78, 5) is 16.0.